The highest BCUT2D eigenvalue weighted by molar-refractivity contribution is 7.17. The first kappa shape index (κ1) is 12.3. The SMILES string of the molecule is CCCCC(CC)COc1ncc(N)s1. The van der Waals surface area contributed by atoms with Gasteiger partial charge in [-0.3, -0.25) is 0 Å². The number of ether oxygens (including phenoxy) is 1. The first-order valence-corrected chi connectivity index (χ1v) is 6.42. The molecule has 3 nitrogen and oxygen atoms in total. The van der Waals surface area contributed by atoms with Crippen LogP contribution in [0.4, 0.5) is 5.00 Å². The molecule has 0 saturated carbocycles. The molecule has 15 heavy (non-hydrogen) atoms. The lowest BCUT2D eigenvalue weighted by molar-refractivity contribution is 0.232. The molecule has 1 unspecified atom stereocenters. The van der Waals surface area contributed by atoms with E-state index in [0.29, 0.717) is 16.1 Å². The van der Waals surface area contributed by atoms with Gasteiger partial charge in [-0.05, 0) is 12.3 Å². The van der Waals surface area contributed by atoms with Crippen LogP contribution < -0.4 is 10.5 Å². The molecular formula is C11H20N2OS. The maximum Gasteiger partial charge on any atom is 0.275 e. The fourth-order valence-electron chi connectivity index (χ4n) is 1.42. The number of hydrogen-bond acceptors (Lipinski definition) is 4. The quantitative estimate of drug-likeness (QED) is 0.778. The summed E-state index contributed by atoms with van der Waals surface area (Å²) in [5.74, 6) is 0.648. The smallest absolute Gasteiger partial charge is 0.275 e. The number of nitrogens with zero attached hydrogens (tertiary/aromatic N) is 1. The number of unbranched alkanes of at least 4 members (excludes halogenated alkanes) is 1. The number of anilines is 1. The first-order chi connectivity index (χ1) is 7.26. The molecule has 0 amide bonds. The molecule has 0 aliphatic rings. The Morgan fingerprint density at radius 1 is 1.53 bits per heavy atom. The number of aromatic nitrogens is 1. The second kappa shape index (κ2) is 6.67. The second-order valence-corrected chi connectivity index (χ2v) is 4.78. The zero-order valence-electron chi connectivity index (χ0n) is 9.53. The van der Waals surface area contributed by atoms with Crippen LogP contribution in [0, 0.1) is 5.92 Å². The molecule has 86 valence electrons. The largest absolute Gasteiger partial charge is 0.470 e. The summed E-state index contributed by atoms with van der Waals surface area (Å²) in [5, 5.41) is 1.41. The summed E-state index contributed by atoms with van der Waals surface area (Å²) in [5.41, 5.74) is 5.57. The normalized spacial score (nSPS) is 12.7. The molecule has 0 bridgehead atoms. The highest BCUT2D eigenvalue weighted by Crippen LogP contribution is 2.23. The van der Waals surface area contributed by atoms with Gasteiger partial charge in [-0.25, -0.2) is 4.98 Å². The van der Waals surface area contributed by atoms with E-state index in [9.17, 15) is 0 Å². The van der Waals surface area contributed by atoms with Crippen LogP contribution in [0.1, 0.15) is 39.5 Å². The van der Waals surface area contributed by atoms with Crippen molar-refractivity contribution in [1.29, 1.82) is 0 Å². The van der Waals surface area contributed by atoms with E-state index in [0.717, 1.165) is 6.61 Å². The fourth-order valence-corrected chi connectivity index (χ4v) is 1.96. The van der Waals surface area contributed by atoms with E-state index >= 15 is 0 Å². The molecule has 1 aromatic heterocycles. The van der Waals surface area contributed by atoms with Gasteiger partial charge in [-0.2, -0.15) is 0 Å². The lowest BCUT2D eigenvalue weighted by Gasteiger charge is -2.13. The molecule has 0 spiro atoms. The van der Waals surface area contributed by atoms with E-state index in [-0.39, 0.29) is 0 Å². The molecule has 0 aliphatic heterocycles. The lowest BCUT2D eigenvalue weighted by Crippen LogP contribution is -2.11. The minimum absolute atomic E-state index is 0.648. The van der Waals surface area contributed by atoms with Crippen molar-refractivity contribution in [2.45, 2.75) is 39.5 Å². The highest BCUT2D eigenvalue weighted by atomic mass is 32.1. The van der Waals surface area contributed by atoms with Crippen molar-refractivity contribution in [2.24, 2.45) is 5.92 Å². The van der Waals surface area contributed by atoms with Crippen molar-refractivity contribution in [2.75, 3.05) is 12.3 Å². The van der Waals surface area contributed by atoms with Gasteiger partial charge in [0, 0.05) is 0 Å². The third-order valence-corrected chi connectivity index (χ3v) is 3.23. The zero-order chi connectivity index (χ0) is 11.1. The van der Waals surface area contributed by atoms with Gasteiger partial charge in [0.15, 0.2) is 0 Å². The van der Waals surface area contributed by atoms with Crippen molar-refractivity contribution >= 4 is 16.3 Å². The Balaban J connectivity index is 2.27. The summed E-state index contributed by atoms with van der Waals surface area (Å²) >= 11 is 1.41. The maximum absolute atomic E-state index is 5.60. The van der Waals surface area contributed by atoms with E-state index in [4.69, 9.17) is 10.5 Å². The monoisotopic (exact) mass is 228 g/mol. The molecule has 1 atom stereocenters. The van der Waals surface area contributed by atoms with Gasteiger partial charge in [-0.15, -0.1) is 0 Å². The molecule has 0 aromatic carbocycles. The summed E-state index contributed by atoms with van der Waals surface area (Å²) in [7, 11) is 0. The Bertz CT molecular complexity index is 275. The standard InChI is InChI=1S/C11H20N2OS/c1-3-5-6-9(4-2)8-14-11-13-7-10(12)15-11/h7,9H,3-6,8,12H2,1-2H3. The van der Waals surface area contributed by atoms with Crippen LogP contribution in [-0.4, -0.2) is 11.6 Å². The minimum atomic E-state index is 0.648. The van der Waals surface area contributed by atoms with Crippen LogP contribution in [0.3, 0.4) is 0 Å². The van der Waals surface area contributed by atoms with Crippen LogP contribution in [0.15, 0.2) is 6.20 Å². The van der Waals surface area contributed by atoms with Gasteiger partial charge in [0.1, 0.15) is 5.00 Å². The molecule has 1 rings (SSSR count). The van der Waals surface area contributed by atoms with Crippen LogP contribution in [0.2, 0.25) is 0 Å². The van der Waals surface area contributed by atoms with E-state index in [1.807, 2.05) is 0 Å². The zero-order valence-corrected chi connectivity index (χ0v) is 10.3. The average Bonchev–Trinajstić information content (AvgIpc) is 2.65. The Labute approximate surface area is 95.7 Å². The Kier molecular flexibility index (Phi) is 5.47. The predicted molar refractivity (Wildman–Crippen MR) is 65.3 cm³/mol. The van der Waals surface area contributed by atoms with Crippen LogP contribution >= 0.6 is 11.3 Å². The second-order valence-electron chi connectivity index (χ2n) is 3.76. The number of hydrogen-bond donors (Lipinski definition) is 1. The Morgan fingerprint density at radius 3 is 2.87 bits per heavy atom. The van der Waals surface area contributed by atoms with E-state index in [2.05, 4.69) is 18.8 Å². The van der Waals surface area contributed by atoms with Crippen molar-refractivity contribution in [1.82, 2.24) is 4.98 Å². The number of nitrogen functional groups attached to an aromatic ring is 1. The minimum Gasteiger partial charge on any atom is -0.470 e. The molecule has 0 radical (unpaired) electrons. The van der Waals surface area contributed by atoms with E-state index in [1.165, 1.54) is 37.0 Å². The van der Waals surface area contributed by atoms with Gasteiger partial charge >= 0.3 is 0 Å². The third kappa shape index (κ3) is 4.51. The fraction of sp³-hybridized carbons (Fsp3) is 0.727. The van der Waals surface area contributed by atoms with Gasteiger partial charge in [0.2, 0.25) is 0 Å². The molecule has 0 fully saturated rings. The molecule has 1 aromatic rings. The molecule has 4 heteroatoms. The van der Waals surface area contributed by atoms with Crippen molar-refractivity contribution in [3.8, 4) is 5.19 Å². The predicted octanol–water partition coefficient (Wildman–Crippen LogP) is 3.32. The third-order valence-electron chi connectivity index (χ3n) is 2.49. The molecule has 1 heterocycles. The van der Waals surface area contributed by atoms with Gasteiger partial charge < -0.3 is 10.5 Å². The Morgan fingerprint density at radius 2 is 2.33 bits per heavy atom. The first-order valence-electron chi connectivity index (χ1n) is 5.60. The molecule has 2 N–H and O–H groups in total. The van der Waals surface area contributed by atoms with Gasteiger partial charge in [0.25, 0.3) is 5.19 Å². The van der Waals surface area contributed by atoms with E-state index in [1.54, 1.807) is 6.20 Å². The van der Waals surface area contributed by atoms with Crippen molar-refractivity contribution < 1.29 is 4.74 Å². The number of nitrogens with two attached hydrogens (primary N) is 1. The van der Waals surface area contributed by atoms with E-state index < -0.39 is 0 Å². The summed E-state index contributed by atoms with van der Waals surface area (Å²) in [6.45, 7) is 5.19. The molecule has 0 saturated heterocycles. The van der Waals surface area contributed by atoms with Gasteiger partial charge in [0.05, 0.1) is 12.8 Å². The average molecular weight is 228 g/mol. The Hall–Kier alpha value is -0.770. The topological polar surface area (TPSA) is 48.1 Å². The highest BCUT2D eigenvalue weighted by Gasteiger charge is 2.08. The van der Waals surface area contributed by atoms with Crippen molar-refractivity contribution in [3.05, 3.63) is 6.20 Å². The molecule has 0 aliphatic carbocycles. The van der Waals surface area contributed by atoms with Gasteiger partial charge in [-0.1, -0.05) is 44.4 Å². The summed E-state index contributed by atoms with van der Waals surface area (Å²) in [4.78, 5) is 4.07. The molecular weight excluding hydrogens is 208 g/mol. The summed E-state index contributed by atoms with van der Waals surface area (Å²) < 4.78 is 5.60. The van der Waals surface area contributed by atoms with Crippen LogP contribution in [-0.2, 0) is 0 Å². The number of rotatable bonds is 7. The number of thiazole rings is 1. The summed E-state index contributed by atoms with van der Waals surface area (Å²) in [6.07, 6.45) is 6.59. The lowest BCUT2D eigenvalue weighted by atomic mass is 10.0. The van der Waals surface area contributed by atoms with Crippen molar-refractivity contribution in [3.63, 3.8) is 0 Å². The maximum atomic E-state index is 5.60. The summed E-state index contributed by atoms with van der Waals surface area (Å²) in [6, 6.07) is 0. The van der Waals surface area contributed by atoms with Crippen LogP contribution in [0.25, 0.3) is 0 Å². The van der Waals surface area contributed by atoms with Crippen LogP contribution in [0.5, 0.6) is 5.19 Å².